The van der Waals surface area contributed by atoms with Crippen LogP contribution in [0.2, 0.25) is 0 Å². The monoisotopic (exact) mass is 336 g/mol. The Balaban J connectivity index is 1.59. The minimum absolute atomic E-state index is 0.120. The molecule has 0 atom stereocenters. The standard InChI is InChI=1S/C13H13FN6O2S/c1-8-16-18-12(22-8)7-23-13-19-17-11(20(13)15)6-21-10-4-2-9(14)3-5-10/h2-5H,6-7,15H2,1H3. The zero-order valence-electron chi connectivity index (χ0n) is 12.1. The minimum atomic E-state index is -0.325. The molecule has 0 aliphatic heterocycles. The number of halogens is 1. The van der Waals surface area contributed by atoms with Crippen molar-refractivity contribution in [2.45, 2.75) is 24.4 Å². The van der Waals surface area contributed by atoms with Crippen LogP contribution in [-0.4, -0.2) is 25.1 Å². The molecule has 0 unspecified atom stereocenters. The first-order chi connectivity index (χ1) is 11.1. The van der Waals surface area contributed by atoms with Gasteiger partial charge in [-0.2, -0.15) is 0 Å². The molecule has 3 aromatic rings. The van der Waals surface area contributed by atoms with Crippen LogP contribution in [0.1, 0.15) is 17.6 Å². The highest BCUT2D eigenvalue weighted by Crippen LogP contribution is 2.20. The Bertz CT molecular complexity index is 788. The van der Waals surface area contributed by atoms with Crippen LogP contribution in [0.25, 0.3) is 0 Å². The molecule has 0 bridgehead atoms. The summed E-state index contributed by atoms with van der Waals surface area (Å²) < 4.78 is 24.9. The molecule has 0 radical (unpaired) electrons. The van der Waals surface area contributed by atoms with Crippen molar-refractivity contribution < 1.29 is 13.5 Å². The molecule has 2 heterocycles. The molecule has 120 valence electrons. The molecule has 0 saturated heterocycles. The summed E-state index contributed by atoms with van der Waals surface area (Å²) in [6.45, 7) is 1.84. The van der Waals surface area contributed by atoms with Crippen LogP contribution >= 0.6 is 11.8 Å². The molecule has 0 aliphatic rings. The summed E-state index contributed by atoms with van der Waals surface area (Å²) in [5.41, 5.74) is 0. The smallest absolute Gasteiger partial charge is 0.226 e. The molecule has 8 nitrogen and oxygen atoms in total. The Kier molecular flexibility index (Phi) is 4.42. The summed E-state index contributed by atoms with van der Waals surface area (Å²) in [5, 5.41) is 16.1. The summed E-state index contributed by atoms with van der Waals surface area (Å²) in [5.74, 6) is 7.99. The van der Waals surface area contributed by atoms with E-state index in [1.807, 2.05) is 0 Å². The first-order valence-electron chi connectivity index (χ1n) is 6.61. The van der Waals surface area contributed by atoms with Gasteiger partial charge in [-0.3, -0.25) is 0 Å². The molecule has 2 aromatic heterocycles. The van der Waals surface area contributed by atoms with Gasteiger partial charge in [-0.1, -0.05) is 11.8 Å². The third-order valence-electron chi connectivity index (χ3n) is 2.81. The van der Waals surface area contributed by atoms with Crippen LogP contribution in [0.3, 0.4) is 0 Å². The van der Waals surface area contributed by atoms with Gasteiger partial charge in [0.15, 0.2) is 5.82 Å². The summed E-state index contributed by atoms with van der Waals surface area (Å²) in [6.07, 6.45) is 0. The first-order valence-corrected chi connectivity index (χ1v) is 7.60. The number of nitrogen functional groups attached to an aromatic ring is 1. The molecule has 0 fully saturated rings. The van der Waals surface area contributed by atoms with E-state index in [2.05, 4.69) is 20.4 Å². The lowest BCUT2D eigenvalue weighted by Crippen LogP contribution is -2.15. The van der Waals surface area contributed by atoms with Crippen LogP contribution in [0.4, 0.5) is 4.39 Å². The van der Waals surface area contributed by atoms with Gasteiger partial charge in [0, 0.05) is 6.92 Å². The van der Waals surface area contributed by atoms with E-state index in [9.17, 15) is 4.39 Å². The number of ether oxygens (including phenoxy) is 1. The Morgan fingerprint density at radius 1 is 1.22 bits per heavy atom. The number of benzene rings is 1. The van der Waals surface area contributed by atoms with Crippen molar-refractivity contribution >= 4 is 11.8 Å². The van der Waals surface area contributed by atoms with E-state index in [0.717, 1.165) is 0 Å². The lowest BCUT2D eigenvalue weighted by Gasteiger charge is -2.06. The van der Waals surface area contributed by atoms with Gasteiger partial charge < -0.3 is 15.0 Å². The molecular formula is C13H13FN6O2S. The summed E-state index contributed by atoms with van der Waals surface area (Å²) in [7, 11) is 0. The highest BCUT2D eigenvalue weighted by molar-refractivity contribution is 7.98. The second kappa shape index (κ2) is 6.65. The lowest BCUT2D eigenvalue weighted by atomic mass is 10.3. The fraction of sp³-hybridized carbons (Fsp3) is 0.231. The number of aryl methyl sites for hydroxylation is 1. The predicted octanol–water partition coefficient (Wildman–Crippen LogP) is 1.69. The second-order valence-corrected chi connectivity index (χ2v) is 5.46. The van der Waals surface area contributed by atoms with Crippen molar-refractivity contribution in [2.75, 3.05) is 5.84 Å². The number of thioether (sulfide) groups is 1. The molecule has 0 spiro atoms. The maximum Gasteiger partial charge on any atom is 0.226 e. The Morgan fingerprint density at radius 2 is 2.00 bits per heavy atom. The van der Waals surface area contributed by atoms with E-state index in [0.29, 0.717) is 34.3 Å². The Labute approximate surface area is 134 Å². The van der Waals surface area contributed by atoms with Crippen molar-refractivity contribution in [3.05, 3.63) is 47.7 Å². The van der Waals surface area contributed by atoms with Crippen LogP contribution in [0.5, 0.6) is 5.75 Å². The van der Waals surface area contributed by atoms with E-state index in [4.69, 9.17) is 15.0 Å². The maximum absolute atomic E-state index is 12.8. The summed E-state index contributed by atoms with van der Waals surface area (Å²) in [6, 6.07) is 5.69. The average molecular weight is 336 g/mol. The van der Waals surface area contributed by atoms with E-state index >= 15 is 0 Å². The van der Waals surface area contributed by atoms with Gasteiger partial charge in [0.1, 0.15) is 18.2 Å². The zero-order chi connectivity index (χ0) is 16.2. The molecule has 23 heavy (non-hydrogen) atoms. The third-order valence-corrected chi connectivity index (χ3v) is 3.74. The quantitative estimate of drug-likeness (QED) is 0.535. The highest BCUT2D eigenvalue weighted by atomic mass is 32.2. The van der Waals surface area contributed by atoms with Crippen LogP contribution in [-0.2, 0) is 12.4 Å². The van der Waals surface area contributed by atoms with Gasteiger partial charge in [-0.15, -0.1) is 20.4 Å². The SMILES string of the molecule is Cc1nnc(CSc2nnc(COc3ccc(F)cc3)n2N)o1. The summed E-state index contributed by atoms with van der Waals surface area (Å²) in [4.78, 5) is 0. The molecule has 1 aromatic carbocycles. The number of hydrogen-bond acceptors (Lipinski definition) is 8. The largest absolute Gasteiger partial charge is 0.486 e. The number of rotatable bonds is 6. The third kappa shape index (κ3) is 3.77. The first kappa shape index (κ1) is 15.3. The normalized spacial score (nSPS) is 10.9. The maximum atomic E-state index is 12.8. The van der Waals surface area contributed by atoms with Crippen molar-refractivity contribution in [3.63, 3.8) is 0 Å². The van der Waals surface area contributed by atoms with Crippen LogP contribution < -0.4 is 10.6 Å². The molecule has 0 aliphatic carbocycles. The van der Waals surface area contributed by atoms with E-state index in [1.165, 1.54) is 40.7 Å². The van der Waals surface area contributed by atoms with Gasteiger partial charge in [-0.05, 0) is 24.3 Å². The molecule has 10 heteroatoms. The Hall–Kier alpha value is -2.62. The lowest BCUT2D eigenvalue weighted by molar-refractivity contribution is 0.291. The van der Waals surface area contributed by atoms with Gasteiger partial charge in [0.05, 0.1) is 5.75 Å². The Morgan fingerprint density at radius 3 is 2.70 bits per heavy atom. The molecular weight excluding hydrogens is 323 g/mol. The minimum Gasteiger partial charge on any atom is -0.486 e. The van der Waals surface area contributed by atoms with Crippen molar-refractivity contribution in [1.82, 2.24) is 25.1 Å². The number of hydrogen-bond donors (Lipinski definition) is 1. The molecule has 2 N–H and O–H groups in total. The second-order valence-electron chi connectivity index (χ2n) is 4.51. The van der Waals surface area contributed by atoms with Gasteiger partial charge in [0.2, 0.25) is 16.9 Å². The number of aromatic nitrogens is 5. The number of nitrogens with zero attached hydrogens (tertiary/aromatic N) is 5. The van der Waals surface area contributed by atoms with Crippen LogP contribution in [0, 0.1) is 12.7 Å². The fourth-order valence-corrected chi connectivity index (χ4v) is 2.42. The fourth-order valence-electron chi connectivity index (χ4n) is 1.70. The van der Waals surface area contributed by atoms with Crippen molar-refractivity contribution in [1.29, 1.82) is 0 Å². The van der Waals surface area contributed by atoms with Gasteiger partial charge >= 0.3 is 0 Å². The van der Waals surface area contributed by atoms with Crippen molar-refractivity contribution in [3.8, 4) is 5.75 Å². The molecule has 0 amide bonds. The van der Waals surface area contributed by atoms with Gasteiger partial charge in [-0.25, -0.2) is 9.07 Å². The van der Waals surface area contributed by atoms with Crippen molar-refractivity contribution in [2.24, 2.45) is 0 Å². The molecule has 3 rings (SSSR count). The van der Waals surface area contributed by atoms with E-state index in [1.54, 1.807) is 6.92 Å². The highest BCUT2D eigenvalue weighted by Gasteiger charge is 2.13. The zero-order valence-corrected chi connectivity index (χ0v) is 13.0. The average Bonchev–Trinajstić information content (AvgIpc) is 3.11. The topological polar surface area (TPSA) is 105 Å². The van der Waals surface area contributed by atoms with E-state index < -0.39 is 0 Å². The predicted molar refractivity (Wildman–Crippen MR) is 79.5 cm³/mol. The van der Waals surface area contributed by atoms with Crippen LogP contribution in [0.15, 0.2) is 33.8 Å². The molecule has 0 saturated carbocycles. The summed E-state index contributed by atoms with van der Waals surface area (Å²) >= 11 is 1.32. The van der Waals surface area contributed by atoms with Gasteiger partial charge in [0.25, 0.3) is 0 Å². The number of nitrogens with two attached hydrogens (primary N) is 1. The van der Waals surface area contributed by atoms with E-state index in [-0.39, 0.29) is 12.4 Å².